The summed E-state index contributed by atoms with van der Waals surface area (Å²) in [4.78, 5) is 25.9. The molecule has 7 heteroatoms. The van der Waals surface area contributed by atoms with Gasteiger partial charge in [0.15, 0.2) is 10.3 Å². The summed E-state index contributed by atoms with van der Waals surface area (Å²) in [6.07, 6.45) is 1.49. The molecule has 84 valence electrons. The van der Waals surface area contributed by atoms with Crippen LogP contribution in [0.5, 0.6) is 0 Å². The van der Waals surface area contributed by atoms with Gasteiger partial charge in [0.25, 0.3) is 5.56 Å². The molecule has 0 fully saturated rings. The van der Waals surface area contributed by atoms with Crippen molar-refractivity contribution in [3.63, 3.8) is 0 Å². The Morgan fingerprint density at radius 2 is 2.29 bits per heavy atom. The lowest BCUT2D eigenvalue weighted by molar-refractivity contribution is 0.886. The molecule has 0 bridgehead atoms. The molecule has 0 saturated heterocycles. The molecule has 0 aliphatic carbocycles. The van der Waals surface area contributed by atoms with Crippen LogP contribution in [0.3, 0.4) is 0 Å². The minimum Gasteiger partial charge on any atom is -0.301 e. The number of aromatic nitrogens is 4. The number of hydrogen-bond acceptors (Lipinski definition) is 6. The van der Waals surface area contributed by atoms with Crippen molar-refractivity contribution in [3.05, 3.63) is 40.1 Å². The Balaban J connectivity index is 2.31. The van der Waals surface area contributed by atoms with E-state index >= 15 is 0 Å². The Hall–Kier alpha value is -2.20. The zero-order valence-corrected chi connectivity index (χ0v) is 9.65. The highest BCUT2D eigenvalue weighted by molar-refractivity contribution is 7.99. The first-order valence-corrected chi connectivity index (χ1v) is 5.48. The van der Waals surface area contributed by atoms with Crippen LogP contribution in [0.2, 0.25) is 0 Å². The fourth-order valence-corrected chi connectivity index (χ4v) is 1.91. The highest BCUT2D eigenvalue weighted by atomic mass is 32.2. The van der Waals surface area contributed by atoms with Gasteiger partial charge in [0.1, 0.15) is 11.8 Å². The summed E-state index contributed by atoms with van der Waals surface area (Å²) in [5.74, 6) is 0. The topological polar surface area (TPSA) is 95.3 Å². The lowest BCUT2D eigenvalue weighted by atomic mass is 10.5. The molecule has 0 unspecified atom stereocenters. The molecule has 0 aliphatic rings. The van der Waals surface area contributed by atoms with Crippen LogP contribution in [-0.4, -0.2) is 19.9 Å². The van der Waals surface area contributed by atoms with Crippen LogP contribution in [0.15, 0.2) is 33.4 Å². The number of nitrogens with one attached hydrogen (secondary N) is 1. The van der Waals surface area contributed by atoms with Crippen LogP contribution >= 0.6 is 11.8 Å². The number of H-pyrrole nitrogens is 1. The molecule has 17 heavy (non-hydrogen) atoms. The van der Waals surface area contributed by atoms with E-state index in [1.165, 1.54) is 18.3 Å². The third-order valence-electron chi connectivity index (χ3n) is 1.78. The number of aryl methyl sites for hydroxylation is 1. The lowest BCUT2D eigenvalue weighted by Crippen LogP contribution is -2.08. The van der Waals surface area contributed by atoms with Crippen molar-refractivity contribution in [1.82, 2.24) is 19.9 Å². The Bertz CT molecular complexity index is 646. The summed E-state index contributed by atoms with van der Waals surface area (Å²) in [5, 5.41) is 9.47. The number of nitriles is 1. The standard InChI is InChI=1S/C10H7N5OS/c1-6-4-8(16)15-10(13-6)17-9-12-3-2-7(5-11)14-9/h2-4H,1H3,(H,13,15,16). The van der Waals surface area contributed by atoms with Gasteiger partial charge in [-0.15, -0.1) is 0 Å². The zero-order chi connectivity index (χ0) is 12.3. The SMILES string of the molecule is Cc1cc(=O)[nH]c(Sc2nccc(C#N)n2)n1. The summed E-state index contributed by atoms with van der Waals surface area (Å²) in [6.45, 7) is 1.73. The predicted octanol–water partition coefficient (Wildman–Crippen LogP) is 0.891. The third kappa shape index (κ3) is 2.89. The summed E-state index contributed by atoms with van der Waals surface area (Å²) < 4.78 is 0. The maximum Gasteiger partial charge on any atom is 0.251 e. The molecule has 0 amide bonds. The molecule has 0 aromatic carbocycles. The van der Waals surface area contributed by atoms with Crippen molar-refractivity contribution in [1.29, 1.82) is 5.26 Å². The highest BCUT2D eigenvalue weighted by Gasteiger charge is 2.04. The maximum atomic E-state index is 11.2. The number of rotatable bonds is 2. The van der Waals surface area contributed by atoms with E-state index in [-0.39, 0.29) is 11.3 Å². The maximum absolute atomic E-state index is 11.2. The second-order valence-electron chi connectivity index (χ2n) is 3.13. The fraction of sp³-hybridized carbons (Fsp3) is 0.100. The van der Waals surface area contributed by atoms with Gasteiger partial charge in [0.2, 0.25) is 0 Å². The predicted molar refractivity (Wildman–Crippen MR) is 60.5 cm³/mol. The van der Waals surface area contributed by atoms with E-state index in [1.54, 1.807) is 6.92 Å². The molecule has 0 saturated carbocycles. The van der Waals surface area contributed by atoms with Crippen molar-refractivity contribution in [3.8, 4) is 6.07 Å². The number of aromatic amines is 1. The first-order chi connectivity index (χ1) is 8.17. The Morgan fingerprint density at radius 1 is 1.47 bits per heavy atom. The van der Waals surface area contributed by atoms with Crippen molar-refractivity contribution in [2.45, 2.75) is 17.2 Å². The molecule has 2 aromatic heterocycles. The summed E-state index contributed by atoms with van der Waals surface area (Å²) in [7, 11) is 0. The molecule has 2 aromatic rings. The van der Waals surface area contributed by atoms with Crippen molar-refractivity contribution in [2.24, 2.45) is 0 Å². The van der Waals surface area contributed by atoms with Crippen molar-refractivity contribution < 1.29 is 0 Å². The third-order valence-corrected chi connectivity index (χ3v) is 2.55. The molecule has 2 rings (SSSR count). The quantitative estimate of drug-likeness (QED) is 0.789. The van der Waals surface area contributed by atoms with Crippen molar-refractivity contribution in [2.75, 3.05) is 0 Å². The minimum absolute atomic E-state index is 0.226. The van der Waals surface area contributed by atoms with Crippen LogP contribution < -0.4 is 5.56 Å². The average Bonchev–Trinajstić information content (AvgIpc) is 2.28. The monoisotopic (exact) mass is 245 g/mol. The molecule has 0 spiro atoms. The van der Waals surface area contributed by atoms with Gasteiger partial charge in [-0.2, -0.15) is 5.26 Å². The largest absolute Gasteiger partial charge is 0.301 e. The van der Waals surface area contributed by atoms with Gasteiger partial charge in [-0.05, 0) is 24.8 Å². The number of hydrogen-bond donors (Lipinski definition) is 1. The van der Waals surface area contributed by atoms with Gasteiger partial charge in [0, 0.05) is 18.0 Å². The van der Waals surface area contributed by atoms with Gasteiger partial charge < -0.3 is 4.98 Å². The van der Waals surface area contributed by atoms with Gasteiger partial charge in [0.05, 0.1) is 0 Å². The van der Waals surface area contributed by atoms with E-state index in [1.807, 2.05) is 6.07 Å². The Kier molecular flexibility index (Phi) is 3.16. The van der Waals surface area contributed by atoms with Gasteiger partial charge in [-0.25, -0.2) is 15.0 Å². The molecule has 2 heterocycles. The van der Waals surface area contributed by atoms with Crippen LogP contribution in [0.25, 0.3) is 0 Å². The molecule has 0 radical (unpaired) electrons. The molecular weight excluding hydrogens is 238 g/mol. The summed E-state index contributed by atoms with van der Waals surface area (Å²) in [5.41, 5.74) is 0.668. The highest BCUT2D eigenvalue weighted by Crippen LogP contribution is 2.19. The molecule has 6 nitrogen and oxygen atoms in total. The second-order valence-corrected chi connectivity index (χ2v) is 4.09. The lowest BCUT2D eigenvalue weighted by Gasteiger charge is -1.99. The fourth-order valence-electron chi connectivity index (χ4n) is 1.14. The second kappa shape index (κ2) is 4.76. The minimum atomic E-state index is -0.226. The molecule has 0 aliphatic heterocycles. The summed E-state index contributed by atoms with van der Waals surface area (Å²) >= 11 is 1.11. The van der Waals surface area contributed by atoms with E-state index < -0.39 is 0 Å². The molecule has 0 atom stereocenters. The average molecular weight is 245 g/mol. The van der Waals surface area contributed by atoms with Gasteiger partial charge >= 0.3 is 0 Å². The van der Waals surface area contributed by atoms with Gasteiger partial charge in [-0.1, -0.05) is 0 Å². The van der Waals surface area contributed by atoms with E-state index in [2.05, 4.69) is 19.9 Å². The zero-order valence-electron chi connectivity index (χ0n) is 8.84. The summed E-state index contributed by atoms with van der Waals surface area (Å²) in [6, 6.07) is 4.83. The molecular formula is C10H7N5OS. The van der Waals surface area contributed by atoms with Crippen LogP contribution in [0, 0.1) is 18.3 Å². The van der Waals surface area contributed by atoms with Gasteiger partial charge in [-0.3, -0.25) is 4.79 Å². The smallest absolute Gasteiger partial charge is 0.251 e. The normalized spacial score (nSPS) is 9.88. The van der Waals surface area contributed by atoms with Crippen LogP contribution in [-0.2, 0) is 0 Å². The van der Waals surface area contributed by atoms with E-state index in [4.69, 9.17) is 5.26 Å². The van der Waals surface area contributed by atoms with Crippen molar-refractivity contribution >= 4 is 11.8 Å². The first kappa shape index (κ1) is 11.3. The van der Waals surface area contributed by atoms with Crippen LogP contribution in [0.1, 0.15) is 11.4 Å². The van der Waals surface area contributed by atoms with E-state index in [0.29, 0.717) is 16.0 Å². The number of nitrogens with zero attached hydrogens (tertiary/aromatic N) is 4. The van der Waals surface area contributed by atoms with E-state index in [9.17, 15) is 4.79 Å². The Morgan fingerprint density at radius 3 is 3.00 bits per heavy atom. The first-order valence-electron chi connectivity index (χ1n) is 4.66. The Labute approximate surface area is 101 Å². The van der Waals surface area contributed by atoms with E-state index in [0.717, 1.165) is 11.8 Å². The van der Waals surface area contributed by atoms with Crippen LogP contribution in [0.4, 0.5) is 0 Å². The molecule has 1 N–H and O–H groups in total.